The highest BCUT2D eigenvalue weighted by Gasteiger charge is 2.20. The summed E-state index contributed by atoms with van der Waals surface area (Å²) in [4.78, 5) is 23.5. The summed E-state index contributed by atoms with van der Waals surface area (Å²) >= 11 is 4.99. The molecule has 0 spiro atoms. The van der Waals surface area contributed by atoms with Gasteiger partial charge in [0.15, 0.2) is 11.7 Å². The lowest BCUT2D eigenvalue weighted by Gasteiger charge is -2.20. The molecule has 2 heterocycles. The Bertz CT molecular complexity index is 1150. The normalized spacial score (nSPS) is 10.9. The van der Waals surface area contributed by atoms with Crippen molar-refractivity contribution in [3.8, 4) is 11.5 Å². The third kappa shape index (κ3) is 5.42. The number of aryl methyl sites for hydroxylation is 1. The number of amides is 1. The lowest BCUT2D eigenvalue weighted by molar-refractivity contribution is -0.120. The molecule has 0 aliphatic rings. The van der Waals surface area contributed by atoms with Gasteiger partial charge in [0.05, 0.1) is 23.7 Å². The summed E-state index contributed by atoms with van der Waals surface area (Å²) in [7, 11) is 1.61. The van der Waals surface area contributed by atoms with Gasteiger partial charge in [-0.1, -0.05) is 27.3 Å². The molecule has 2 aromatic heterocycles. The number of carbonyl (C=O) groups excluding carboxylic acids is 1. The molecule has 2 aromatic carbocycles. The number of carbonyl (C=O) groups is 1. The van der Waals surface area contributed by atoms with Gasteiger partial charge in [0, 0.05) is 30.0 Å². The summed E-state index contributed by atoms with van der Waals surface area (Å²) < 4.78 is 14.9. The molecule has 4 aromatic rings. The summed E-state index contributed by atoms with van der Waals surface area (Å²) in [6, 6.07) is 13.1. The minimum absolute atomic E-state index is 0.0724. The van der Waals surface area contributed by atoms with E-state index < -0.39 is 0 Å². The SMILES string of the molecule is COc1ccc(OCC(=O)N(CCCn2ccnc2)c2nc3ccc(Br)cc3s2)cc1. The molecule has 0 atom stereocenters. The first-order valence-corrected chi connectivity index (χ1v) is 11.3. The summed E-state index contributed by atoms with van der Waals surface area (Å²) in [5.74, 6) is 1.21. The molecule has 1 amide bonds. The van der Waals surface area contributed by atoms with Crippen molar-refractivity contribution in [2.45, 2.75) is 13.0 Å². The van der Waals surface area contributed by atoms with Crippen LogP contribution in [0.2, 0.25) is 0 Å². The number of methoxy groups -OCH3 is 1. The van der Waals surface area contributed by atoms with E-state index >= 15 is 0 Å². The number of fused-ring (bicyclic) bond motifs is 1. The van der Waals surface area contributed by atoms with Crippen LogP contribution in [0.1, 0.15) is 6.42 Å². The van der Waals surface area contributed by atoms with E-state index in [2.05, 4.69) is 25.9 Å². The number of aromatic nitrogens is 3. The number of ether oxygens (including phenoxy) is 2. The fraction of sp³-hybridized carbons (Fsp3) is 0.227. The van der Waals surface area contributed by atoms with Crippen LogP contribution in [-0.4, -0.2) is 40.7 Å². The Labute approximate surface area is 192 Å². The van der Waals surface area contributed by atoms with Gasteiger partial charge in [-0.05, 0) is 48.9 Å². The second kappa shape index (κ2) is 9.93. The van der Waals surface area contributed by atoms with Gasteiger partial charge in [0.25, 0.3) is 5.91 Å². The van der Waals surface area contributed by atoms with Crippen LogP contribution in [0.4, 0.5) is 5.13 Å². The zero-order valence-corrected chi connectivity index (χ0v) is 19.3. The first kappa shape index (κ1) is 21.3. The topological polar surface area (TPSA) is 69.5 Å². The third-order valence-electron chi connectivity index (χ3n) is 4.65. The van der Waals surface area contributed by atoms with Gasteiger partial charge in [-0.2, -0.15) is 0 Å². The number of hydrogen-bond donors (Lipinski definition) is 0. The third-order valence-corrected chi connectivity index (χ3v) is 6.18. The molecule has 0 aliphatic carbocycles. The van der Waals surface area contributed by atoms with E-state index in [4.69, 9.17) is 9.47 Å². The van der Waals surface area contributed by atoms with Crippen LogP contribution < -0.4 is 14.4 Å². The second-order valence-corrected chi connectivity index (χ2v) is 8.70. The minimum Gasteiger partial charge on any atom is -0.497 e. The number of thiazole rings is 1. The Kier molecular flexibility index (Phi) is 6.83. The van der Waals surface area contributed by atoms with Crippen molar-refractivity contribution in [3.05, 3.63) is 65.7 Å². The minimum atomic E-state index is -0.139. The number of anilines is 1. The maximum Gasteiger partial charge on any atom is 0.266 e. The molecule has 160 valence electrons. The lowest BCUT2D eigenvalue weighted by atomic mass is 10.3. The summed E-state index contributed by atoms with van der Waals surface area (Å²) in [5.41, 5.74) is 0.867. The molecule has 0 N–H and O–H groups in total. The Morgan fingerprint density at radius 2 is 2.00 bits per heavy atom. The summed E-state index contributed by atoms with van der Waals surface area (Å²) in [6.45, 7) is 1.22. The Morgan fingerprint density at radius 3 is 2.74 bits per heavy atom. The van der Waals surface area contributed by atoms with Gasteiger partial charge < -0.3 is 14.0 Å². The van der Waals surface area contributed by atoms with Gasteiger partial charge in [-0.25, -0.2) is 9.97 Å². The molecular formula is C22H21BrN4O3S. The van der Waals surface area contributed by atoms with Gasteiger partial charge in [0.1, 0.15) is 11.5 Å². The van der Waals surface area contributed by atoms with Crippen LogP contribution in [-0.2, 0) is 11.3 Å². The average Bonchev–Trinajstić information content (AvgIpc) is 3.44. The Morgan fingerprint density at radius 1 is 1.19 bits per heavy atom. The number of nitrogens with zero attached hydrogens (tertiary/aromatic N) is 4. The van der Waals surface area contributed by atoms with E-state index in [0.717, 1.165) is 33.4 Å². The molecule has 0 bridgehead atoms. The molecule has 31 heavy (non-hydrogen) atoms. The first-order valence-electron chi connectivity index (χ1n) is 9.71. The Hall–Kier alpha value is -2.91. The quantitative estimate of drug-likeness (QED) is 0.331. The fourth-order valence-electron chi connectivity index (χ4n) is 3.05. The van der Waals surface area contributed by atoms with E-state index in [0.29, 0.717) is 17.4 Å². The Balaban J connectivity index is 1.48. The monoisotopic (exact) mass is 500 g/mol. The molecule has 4 rings (SSSR count). The largest absolute Gasteiger partial charge is 0.497 e. The number of benzene rings is 2. The number of halogens is 1. The number of imidazole rings is 1. The van der Waals surface area contributed by atoms with E-state index in [1.54, 1.807) is 48.8 Å². The zero-order valence-electron chi connectivity index (χ0n) is 16.9. The molecule has 0 aliphatic heterocycles. The van der Waals surface area contributed by atoms with E-state index in [-0.39, 0.29) is 12.5 Å². The fourth-order valence-corrected chi connectivity index (χ4v) is 4.61. The molecule has 9 heteroatoms. The predicted octanol–water partition coefficient (Wildman–Crippen LogP) is 4.77. The number of rotatable bonds is 9. The van der Waals surface area contributed by atoms with Crippen molar-refractivity contribution in [1.29, 1.82) is 0 Å². The molecule has 0 radical (unpaired) electrons. The van der Waals surface area contributed by atoms with Crippen molar-refractivity contribution >= 4 is 48.5 Å². The zero-order chi connectivity index (χ0) is 21.6. The molecule has 7 nitrogen and oxygen atoms in total. The van der Waals surface area contributed by atoms with Crippen LogP contribution in [0.15, 0.2) is 65.7 Å². The van der Waals surface area contributed by atoms with Crippen LogP contribution in [0, 0.1) is 0 Å². The second-order valence-electron chi connectivity index (χ2n) is 6.77. The van der Waals surface area contributed by atoms with Crippen LogP contribution in [0.25, 0.3) is 10.2 Å². The standard InChI is InChI=1S/C22H21BrN4O3S/c1-29-17-4-6-18(7-5-17)30-14-21(28)27(11-2-10-26-12-9-24-15-26)22-25-19-8-3-16(23)13-20(19)31-22/h3-9,12-13,15H,2,10-11,14H2,1H3. The van der Waals surface area contributed by atoms with Gasteiger partial charge in [-0.3, -0.25) is 9.69 Å². The van der Waals surface area contributed by atoms with Crippen molar-refractivity contribution in [3.63, 3.8) is 0 Å². The van der Waals surface area contributed by atoms with E-state index in [1.165, 1.54) is 11.3 Å². The van der Waals surface area contributed by atoms with Gasteiger partial charge in [0.2, 0.25) is 0 Å². The van der Waals surface area contributed by atoms with Crippen LogP contribution in [0.5, 0.6) is 11.5 Å². The van der Waals surface area contributed by atoms with E-state index in [1.807, 2.05) is 29.0 Å². The van der Waals surface area contributed by atoms with Crippen molar-refractivity contribution in [1.82, 2.24) is 14.5 Å². The molecule has 0 unspecified atom stereocenters. The molecule has 0 fully saturated rings. The first-order chi connectivity index (χ1) is 15.1. The molecule has 0 saturated carbocycles. The average molecular weight is 501 g/mol. The highest BCUT2D eigenvalue weighted by atomic mass is 79.9. The van der Waals surface area contributed by atoms with Crippen molar-refractivity contribution in [2.75, 3.05) is 25.2 Å². The van der Waals surface area contributed by atoms with Gasteiger partial charge in [-0.15, -0.1) is 0 Å². The van der Waals surface area contributed by atoms with Crippen molar-refractivity contribution in [2.24, 2.45) is 0 Å². The lowest BCUT2D eigenvalue weighted by Crippen LogP contribution is -2.36. The summed E-state index contributed by atoms with van der Waals surface area (Å²) in [6.07, 6.45) is 6.20. The van der Waals surface area contributed by atoms with E-state index in [9.17, 15) is 4.79 Å². The smallest absolute Gasteiger partial charge is 0.266 e. The predicted molar refractivity (Wildman–Crippen MR) is 125 cm³/mol. The molecule has 0 saturated heterocycles. The maximum absolute atomic E-state index is 13.1. The van der Waals surface area contributed by atoms with Crippen molar-refractivity contribution < 1.29 is 14.3 Å². The maximum atomic E-state index is 13.1. The van der Waals surface area contributed by atoms with Crippen LogP contribution in [0.3, 0.4) is 0 Å². The number of hydrogen-bond acceptors (Lipinski definition) is 6. The van der Waals surface area contributed by atoms with Gasteiger partial charge >= 0.3 is 0 Å². The van der Waals surface area contributed by atoms with Crippen LogP contribution >= 0.6 is 27.3 Å². The highest BCUT2D eigenvalue weighted by Crippen LogP contribution is 2.31. The summed E-state index contributed by atoms with van der Waals surface area (Å²) in [5, 5.41) is 0.669. The highest BCUT2D eigenvalue weighted by molar-refractivity contribution is 9.10. The molecular weight excluding hydrogens is 480 g/mol.